The molecule has 5 heterocycles. The first-order valence-electron chi connectivity index (χ1n) is 22.2. The number of nitriles is 1. The number of likely N-dealkylation sites (tertiary alicyclic amines) is 2. The van der Waals surface area contributed by atoms with E-state index in [4.69, 9.17) is 18.4 Å². The Morgan fingerprint density at radius 3 is 2.46 bits per heavy atom. The average Bonchev–Trinajstić information content (AvgIpc) is 3.71. The summed E-state index contributed by atoms with van der Waals surface area (Å²) in [5.74, 6) is -2.11. The maximum atomic E-state index is 15.1. The molecule has 0 radical (unpaired) electrons. The highest BCUT2D eigenvalue weighted by atomic mass is 32.2. The van der Waals surface area contributed by atoms with E-state index < -0.39 is 49.5 Å². The number of benzene rings is 3. The Morgan fingerprint density at radius 1 is 1.03 bits per heavy atom. The van der Waals surface area contributed by atoms with Crippen molar-refractivity contribution in [2.75, 3.05) is 63.9 Å². The first-order chi connectivity index (χ1) is 32.3. The molecule has 1 aromatic heterocycles. The van der Waals surface area contributed by atoms with Crippen molar-refractivity contribution >= 4 is 54.6 Å². The summed E-state index contributed by atoms with van der Waals surface area (Å²) in [6, 6.07) is 12.8. The van der Waals surface area contributed by atoms with Crippen LogP contribution in [-0.2, 0) is 39.4 Å². The predicted octanol–water partition coefficient (Wildman–Crippen LogP) is 3.53. The number of ether oxygens (including phenoxy) is 3. The van der Waals surface area contributed by atoms with Gasteiger partial charge in [-0.2, -0.15) is 26.4 Å². The third-order valence-electron chi connectivity index (χ3n) is 13.0. The molecule has 0 bridgehead atoms. The number of amides is 3. The number of fused-ring (bicyclic) bond motifs is 1. The van der Waals surface area contributed by atoms with E-state index >= 15 is 4.39 Å². The molecule has 2 atom stereocenters. The number of anilines is 1. The Balaban J connectivity index is 0.863. The van der Waals surface area contributed by atoms with Gasteiger partial charge in [-0.1, -0.05) is 13.0 Å². The number of imide groups is 1. The quantitative estimate of drug-likeness (QED) is 0.136. The van der Waals surface area contributed by atoms with Gasteiger partial charge in [0.05, 0.1) is 54.0 Å². The number of aromatic nitrogens is 2. The van der Waals surface area contributed by atoms with Crippen molar-refractivity contribution in [3.05, 3.63) is 82.2 Å². The monoisotopic (exact) mass is 978 g/mol. The van der Waals surface area contributed by atoms with Gasteiger partial charge >= 0.3 is 20.3 Å². The van der Waals surface area contributed by atoms with E-state index in [-0.39, 0.29) is 95.8 Å². The van der Waals surface area contributed by atoms with Gasteiger partial charge in [-0.3, -0.25) is 38.7 Å². The molecule has 4 fully saturated rings. The van der Waals surface area contributed by atoms with Crippen molar-refractivity contribution in [2.24, 2.45) is 0 Å². The number of hydrogen-bond donors (Lipinski definition) is 2. The lowest BCUT2D eigenvalue weighted by Gasteiger charge is -2.40. The molecule has 362 valence electrons. The Hall–Kier alpha value is -6.19. The van der Waals surface area contributed by atoms with E-state index in [1.54, 1.807) is 19.1 Å². The topological polar surface area (TPSA) is 249 Å². The third kappa shape index (κ3) is 10.6. The van der Waals surface area contributed by atoms with Crippen LogP contribution in [0.25, 0.3) is 10.9 Å². The van der Waals surface area contributed by atoms with Crippen LogP contribution in [0.1, 0.15) is 75.0 Å². The molecule has 2 N–H and O–H groups in total. The van der Waals surface area contributed by atoms with E-state index in [9.17, 15) is 41.3 Å². The minimum atomic E-state index is -4.05. The summed E-state index contributed by atoms with van der Waals surface area (Å²) in [5, 5.41) is 12.3. The van der Waals surface area contributed by atoms with Crippen molar-refractivity contribution in [3.8, 4) is 29.1 Å². The molecule has 4 aliphatic heterocycles. The number of rotatable bonds is 14. The fourth-order valence-electron chi connectivity index (χ4n) is 9.11. The molecular weight excluding hydrogens is 928 g/mol. The van der Waals surface area contributed by atoms with E-state index in [2.05, 4.69) is 19.9 Å². The highest BCUT2D eigenvalue weighted by Gasteiger charge is 2.44. The van der Waals surface area contributed by atoms with Crippen LogP contribution in [-0.4, -0.2) is 129 Å². The Labute approximate surface area is 392 Å². The number of nitrogens with zero attached hydrogens (tertiary/aromatic N) is 6. The molecule has 68 heavy (non-hydrogen) atoms. The molecule has 4 saturated heterocycles. The SMILES string of the molecule is CCN(C)S(=O)(=O)Nc1ccc(F)c(Oc2ccc3ncn([C@@H]4COC5(CCN(C(=O)CN6CCC(c7ccc(OC8CCC(=O)NC8=O)cc7OS(C)(=O)=O)CC6)CC5)C4)c(=O)c3c2)c1C#N. The fourth-order valence-corrected chi connectivity index (χ4v) is 10.5. The second kappa shape index (κ2) is 19.4. The van der Waals surface area contributed by atoms with Crippen LogP contribution in [0.4, 0.5) is 10.1 Å². The van der Waals surface area contributed by atoms with Crippen molar-refractivity contribution in [1.29, 1.82) is 5.26 Å². The first kappa shape index (κ1) is 48.3. The lowest BCUT2D eigenvalue weighted by atomic mass is 9.87. The normalized spacial score (nSPS) is 20.3. The lowest BCUT2D eigenvalue weighted by molar-refractivity contribution is -0.139. The maximum absolute atomic E-state index is 15.1. The van der Waals surface area contributed by atoms with E-state index in [1.165, 1.54) is 42.2 Å². The number of carbonyl (C=O) groups is 3. The first-order valence-corrected chi connectivity index (χ1v) is 25.4. The van der Waals surface area contributed by atoms with E-state index in [0.717, 1.165) is 22.7 Å². The van der Waals surface area contributed by atoms with Crippen molar-refractivity contribution in [2.45, 2.75) is 75.5 Å². The fraction of sp³-hybridized carbons (Fsp3) is 0.467. The zero-order valence-corrected chi connectivity index (χ0v) is 39.2. The number of hydrogen-bond acceptors (Lipinski definition) is 15. The van der Waals surface area contributed by atoms with Crippen LogP contribution in [0.3, 0.4) is 0 Å². The van der Waals surface area contributed by atoms with Crippen LogP contribution < -0.4 is 29.3 Å². The highest BCUT2D eigenvalue weighted by Crippen LogP contribution is 2.42. The Kier molecular flexibility index (Phi) is 13.8. The number of piperidine rings is 3. The zero-order chi connectivity index (χ0) is 48.5. The molecule has 23 heteroatoms. The van der Waals surface area contributed by atoms with Gasteiger partial charge in [0.15, 0.2) is 17.7 Å². The van der Waals surface area contributed by atoms with Crippen LogP contribution >= 0.6 is 0 Å². The van der Waals surface area contributed by atoms with Gasteiger partial charge in [0.1, 0.15) is 28.9 Å². The number of carbonyl (C=O) groups excluding carboxylic acids is 3. The molecule has 3 aromatic carbocycles. The summed E-state index contributed by atoms with van der Waals surface area (Å²) in [6.07, 6.45) is 4.73. The molecule has 3 amide bonds. The predicted molar refractivity (Wildman–Crippen MR) is 243 cm³/mol. The lowest BCUT2D eigenvalue weighted by Crippen LogP contribution is -2.50. The second-order valence-electron chi connectivity index (χ2n) is 17.5. The molecule has 8 rings (SSSR count). The zero-order valence-electron chi connectivity index (χ0n) is 37.6. The van der Waals surface area contributed by atoms with E-state index in [0.29, 0.717) is 69.4 Å². The summed E-state index contributed by atoms with van der Waals surface area (Å²) in [6.45, 7) is 4.33. The minimum Gasteiger partial charge on any atom is -0.480 e. The highest BCUT2D eigenvalue weighted by molar-refractivity contribution is 7.90. The van der Waals surface area contributed by atoms with Gasteiger partial charge in [0.2, 0.25) is 11.8 Å². The molecule has 4 aromatic rings. The summed E-state index contributed by atoms with van der Waals surface area (Å²) >= 11 is 0. The smallest absolute Gasteiger partial charge is 0.306 e. The molecule has 20 nitrogen and oxygen atoms in total. The molecule has 1 spiro atoms. The second-order valence-corrected chi connectivity index (χ2v) is 20.9. The van der Waals surface area contributed by atoms with Crippen LogP contribution in [0.5, 0.6) is 23.0 Å². The standard InChI is InChI=1S/C45H51FN8O12S2/c1-4-51(2)68(61,62)50-37-10-8-35(46)42(34(37)24-47)65-30-6-9-36-33(21-30)44(58)54(27-48-36)29-23-45(63-26-29)15-19-53(20-16-45)41(56)25-52-17-13-28(14-18-52)32-7-5-31(22-39(32)66-67(3,59)60)64-38-11-12-40(55)49-43(38)57/h5-10,21-22,27-29,38,50H,4,11-20,23,25-26H2,1-3H3,(H,49,55,57)/t29-,38?/m0/s1. The molecule has 0 aliphatic carbocycles. The van der Waals surface area contributed by atoms with Gasteiger partial charge in [0, 0.05) is 45.6 Å². The van der Waals surface area contributed by atoms with Gasteiger partial charge in [-0.05, 0) is 93.1 Å². The van der Waals surface area contributed by atoms with Gasteiger partial charge in [-0.25, -0.2) is 9.37 Å². The Bertz CT molecular complexity index is 2970. The molecule has 4 aliphatic rings. The molecule has 0 saturated carbocycles. The van der Waals surface area contributed by atoms with Crippen molar-refractivity contribution in [1.82, 2.24) is 29.0 Å². The van der Waals surface area contributed by atoms with Gasteiger partial charge < -0.3 is 23.3 Å². The van der Waals surface area contributed by atoms with Crippen LogP contribution in [0.2, 0.25) is 0 Å². The largest absolute Gasteiger partial charge is 0.480 e. The maximum Gasteiger partial charge on any atom is 0.306 e. The van der Waals surface area contributed by atoms with E-state index in [1.807, 2.05) is 11.0 Å². The van der Waals surface area contributed by atoms with Gasteiger partial charge in [-0.15, -0.1) is 0 Å². The van der Waals surface area contributed by atoms with Gasteiger partial charge in [0.25, 0.3) is 11.5 Å². The molecule has 1 unspecified atom stereocenters. The summed E-state index contributed by atoms with van der Waals surface area (Å²) in [4.78, 5) is 59.8. The van der Waals surface area contributed by atoms with Crippen LogP contribution in [0.15, 0.2) is 59.7 Å². The Morgan fingerprint density at radius 2 is 1.76 bits per heavy atom. The summed E-state index contributed by atoms with van der Waals surface area (Å²) in [7, 11) is -6.60. The third-order valence-corrected chi connectivity index (χ3v) is 15.0. The average molecular weight is 979 g/mol. The summed E-state index contributed by atoms with van der Waals surface area (Å²) < 4.78 is 93.2. The summed E-state index contributed by atoms with van der Waals surface area (Å²) in [5.41, 5.74) is -0.487. The van der Waals surface area contributed by atoms with Crippen molar-refractivity contribution < 1.29 is 54.0 Å². The molecular formula is C45H51FN8O12S2. The number of halogens is 1. The van der Waals surface area contributed by atoms with Crippen molar-refractivity contribution in [3.63, 3.8) is 0 Å². The van der Waals surface area contributed by atoms with Crippen LogP contribution in [0, 0.1) is 17.1 Å². The number of nitrogens with one attached hydrogen (secondary N) is 2. The minimum absolute atomic E-state index is 0.0178.